The van der Waals surface area contributed by atoms with Gasteiger partial charge in [-0.2, -0.15) is 4.98 Å². The second-order valence-electron chi connectivity index (χ2n) is 12.7. The Morgan fingerprint density at radius 3 is 2.53 bits per heavy atom. The number of anilines is 2. The molecule has 55 heavy (non-hydrogen) atoms. The van der Waals surface area contributed by atoms with E-state index in [9.17, 15) is 43.5 Å². The molecule has 0 spiro atoms. The number of thioether (sulfide) groups is 1. The van der Waals surface area contributed by atoms with Gasteiger partial charge in [0.15, 0.2) is 11.2 Å². The van der Waals surface area contributed by atoms with E-state index in [0.29, 0.717) is 30.1 Å². The Hall–Kier alpha value is -5.96. The number of aromatic amines is 1. The Morgan fingerprint density at radius 2 is 1.82 bits per heavy atom. The number of Topliss-reactive ketones (excluding diaryl/α,β-unsaturated/α-hetero) is 1. The minimum atomic E-state index is -1.31. The molecule has 1 aromatic carbocycles. The summed E-state index contributed by atoms with van der Waals surface area (Å²) in [5, 5.41) is 20.1. The number of fused-ring (bicyclic) bond motifs is 1. The molecule has 5 amide bonds. The van der Waals surface area contributed by atoms with E-state index in [4.69, 9.17) is 5.73 Å². The summed E-state index contributed by atoms with van der Waals surface area (Å²) in [5.41, 5.74) is 6.42. The molecule has 1 saturated heterocycles. The van der Waals surface area contributed by atoms with E-state index in [1.54, 1.807) is 26.2 Å². The topological polar surface area (TPSA) is 292 Å². The molecule has 0 radical (unpaired) electrons. The van der Waals surface area contributed by atoms with E-state index >= 15 is 0 Å². The number of nitrogens with zero attached hydrogens (tertiary/aromatic N) is 5. The molecule has 8 N–H and O–H groups in total. The second kappa shape index (κ2) is 19.9. The zero-order valence-electron chi connectivity index (χ0n) is 30.3. The van der Waals surface area contributed by atoms with Gasteiger partial charge in [0.2, 0.25) is 29.6 Å². The summed E-state index contributed by atoms with van der Waals surface area (Å²) in [6.45, 7) is 0.312. The number of carbonyl (C=O) groups excluding carboxylic acids is 6. The van der Waals surface area contributed by atoms with Crippen LogP contribution in [0.15, 0.2) is 35.3 Å². The number of hydrogen-bond acceptors (Lipinski definition) is 15. The van der Waals surface area contributed by atoms with Crippen LogP contribution in [0, 0.1) is 0 Å². The predicted molar refractivity (Wildman–Crippen MR) is 201 cm³/mol. The highest BCUT2D eigenvalue weighted by Gasteiger charge is 2.39. The van der Waals surface area contributed by atoms with Gasteiger partial charge in [0.25, 0.3) is 11.5 Å². The Balaban J connectivity index is 1.12. The number of rotatable bonds is 21. The number of carboxylic acids is 1. The number of nitrogens with one attached hydrogen (secondary N) is 5. The van der Waals surface area contributed by atoms with Crippen molar-refractivity contribution in [2.75, 3.05) is 57.1 Å². The lowest BCUT2D eigenvalue weighted by Crippen LogP contribution is -2.41. The lowest BCUT2D eigenvalue weighted by Gasteiger charge is -2.15. The van der Waals surface area contributed by atoms with Gasteiger partial charge in [-0.1, -0.05) is 0 Å². The highest BCUT2D eigenvalue weighted by molar-refractivity contribution is 8.00. The molecule has 3 heterocycles. The molecule has 0 bridgehead atoms. The number of carboxylic acid groups (broad SMARTS) is 1. The molecular formula is C34H43N11O9S. The van der Waals surface area contributed by atoms with Crippen molar-refractivity contribution < 1.29 is 38.7 Å². The van der Waals surface area contributed by atoms with Crippen LogP contribution in [0.5, 0.6) is 0 Å². The molecule has 2 aromatic heterocycles. The molecule has 1 fully saturated rings. The molecule has 2 atom stereocenters. The lowest BCUT2D eigenvalue weighted by atomic mass is 10.1. The second-order valence-corrected chi connectivity index (χ2v) is 14.0. The Bertz CT molecular complexity index is 1970. The standard InChI is InChI=1S/C34H43N11O9S/c1-44(2)26(48)4-3-11-37-25(47)18-45-27(49)14-24(32(45)52)55-13-12-36-17-22(46)9-10-23(33(53)54)41-30(50)19-5-7-20(8-6-19)38-15-21-16-39-29-28(40-21)31(51)43-34(35)42-29/h5-8,16,23-24,36,38H,3-4,9-15,17-18H2,1-2H3,(H,37,47)(H,41,50)(H,53,54)(H3,35,39,42,43,51). The number of likely N-dealkylation sites (tertiary alicyclic amines) is 1. The van der Waals surface area contributed by atoms with Crippen molar-refractivity contribution in [3.63, 3.8) is 0 Å². The van der Waals surface area contributed by atoms with E-state index in [1.165, 1.54) is 35.0 Å². The predicted octanol–water partition coefficient (Wildman–Crippen LogP) is -1.13. The molecule has 1 aliphatic heterocycles. The summed E-state index contributed by atoms with van der Waals surface area (Å²) in [7, 11) is 3.28. The molecule has 3 aromatic rings. The van der Waals surface area contributed by atoms with Gasteiger partial charge in [-0.15, -0.1) is 11.8 Å². The smallest absolute Gasteiger partial charge is 0.326 e. The Labute approximate surface area is 318 Å². The number of benzene rings is 1. The quantitative estimate of drug-likeness (QED) is 0.0497. The van der Waals surface area contributed by atoms with Crippen molar-refractivity contribution in [3.05, 3.63) is 52.1 Å². The van der Waals surface area contributed by atoms with E-state index in [0.717, 1.165) is 4.90 Å². The first kappa shape index (κ1) is 41.8. The van der Waals surface area contributed by atoms with Gasteiger partial charge in [0, 0.05) is 63.5 Å². The molecule has 0 saturated carbocycles. The number of H-pyrrole nitrogens is 1. The van der Waals surface area contributed by atoms with Crippen LogP contribution in [-0.2, 0) is 35.3 Å². The number of carbonyl (C=O) groups is 7. The minimum Gasteiger partial charge on any atom is -0.480 e. The molecule has 20 nitrogen and oxygen atoms in total. The summed E-state index contributed by atoms with van der Waals surface area (Å²) in [6, 6.07) is 4.90. The number of nitrogen functional groups attached to an aromatic ring is 1. The van der Waals surface area contributed by atoms with Crippen LogP contribution in [0.1, 0.15) is 48.2 Å². The van der Waals surface area contributed by atoms with E-state index < -0.39 is 53.0 Å². The first-order valence-corrected chi connectivity index (χ1v) is 18.3. The molecule has 21 heteroatoms. The van der Waals surface area contributed by atoms with Crippen LogP contribution in [0.4, 0.5) is 11.6 Å². The van der Waals surface area contributed by atoms with E-state index in [-0.39, 0.29) is 79.7 Å². The molecule has 4 rings (SSSR count). The fourth-order valence-electron chi connectivity index (χ4n) is 5.22. The molecule has 1 aliphatic rings. The number of aliphatic carboxylic acids is 1. The van der Waals surface area contributed by atoms with Gasteiger partial charge in [-0.25, -0.2) is 14.8 Å². The van der Waals surface area contributed by atoms with Gasteiger partial charge in [0.1, 0.15) is 18.4 Å². The van der Waals surface area contributed by atoms with Crippen LogP contribution in [0.2, 0.25) is 0 Å². The summed E-state index contributed by atoms with van der Waals surface area (Å²) in [5.74, 6) is -3.36. The molecule has 0 aliphatic carbocycles. The SMILES string of the molecule is CN(C)C(=O)CCCNC(=O)CN1C(=O)CC(SCCNCC(=O)CCC(NC(=O)c2ccc(NCc3cnc4nc(N)[nH]c(=O)c4n3)cc2)C(=O)O)C1=O. The largest absolute Gasteiger partial charge is 0.480 e. The third-order valence-corrected chi connectivity index (χ3v) is 9.45. The normalized spacial score (nSPS) is 14.4. The van der Waals surface area contributed by atoms with Gasteiger partial charge in [0.05, 0.1) is 30.2 Å². The van der Waals surface area contributed by atoms with Gasteiger partial charge < -0.3 is 37.0 Å². The number of ketones is 1. The highest BCUT2D eigenvalue weighted by atomic mass is 32.2. The third-order valence-electron chi connectivity index (χ3n) is 8.23. The minimum absolute atomic E-state index is 0.0385. The Morgan fingerprint density at radius 1 is 1.07 bits per heavy atom. The van der Waals surface area contributed by atoms with Crippen molar-refractivity contribution in [1.29, 1.82) is 0 Å². The van der Waals surface area contributed by atoms with Gasteiger partial charge in [-0.05, 0) is 37.1 Å². The number of aromatic nitrogens is 4. The lowest BCUT2D eigenvalue weighted by molar-refractivity contribution is -0.142. The van der Waals surface area contributed by atoms with Crippen molar-refractivity contribution >= 4 is 75.8 Å². The Kier molecular flexibility index (Phi) is 15.1. The molecule has 294 valence electrons. The summed E-state index contributed by atoms with van der Waals surface area (Å²) < 4.78 is 0. The van der Waals surface area contributed by atoms with Gasteiger partial charge in [-0.3, -0.25) is 43.4 Å². The maximum absolute atomic E-state index is 12.8. The number of nitrogens with two attached hydrogens (primary N) is 1. The number of hydrogen-bond donors (Lipinski definition) is 7. The maximum atomic E-state index is 12.8. The molecule has 2 unspecified atom stereocenters. The first-order chi connectivity index (χ1) is 26.2. The fourth-order valence-corrected chi connectivity index (χ4v) is 6.30. The average molecular weight is 782 g/mol. The van der Waals surface area contributed by atoms with Crippen molar-refractivity contribution in [2.24, 2.45) is 0 Å². The van der Waals surface area contributed by atoms with E-state index in [1.807, 2.05) is 0 Å². The molecular weight excluding hydrogens is 739 g/mol. The van der Waals surface area contributed by atoms with Crippen LogP contribution >= 0.6 is 11.8 Å². The highest BCUT2D eigenvalue weighted by Crippen LogP contribution is 2.24. The van der Waals surface area contributed by atoms with Crippen LogP contribution < -0.4 is 32.6 Å². The zero-order chi connectivity index (χ0) is 40.1. The number of imide groups is 1. The van der Waals surface area contributed by atoms with Crippen molar-refractivity contribution in [1.82, 2.24) is 45.7 Å². The summed E-state index contributed by atoms with van der Waals surface area (Å²) >= 11 is 1.22. The number of amides is 5. The zero-order valence-corrected chi connectivity index (χ0v) is 31.1. The van der Waals surface area contributed by atoms with Gasteiger partial charge >= 0.3 is 5.97 Å². The van der Waals surface area contributed by atoms with Crippen molar-refractivity contribution in [3.8, 4) is 0 Å². The summed E-state index contributed by atoms with van der Waals surface area (Å²) in [6.07, 6.45) is 1.84. The maximum Gasteiger partial charge on any atom is 0.326 e. The van der Waals surface area contributed by atoms with Crippen LogP contribution in [0.3, 0.4) is 0 Å². The average Bonchev–Trinajstić information content (AvgIpc) is 3.41. The fraction of sp³-hybridized carbons (Fsp3) is 0.441. The summed E-state index contributed by atoms with van der Waals surface area (Å²) in [4.78, 5) is 115. The van der Waals surface area contributed by atoms with E-state index in [2.05, 4.69) is 41.2 Å². The van der Waals surface area contributed by atoms with Crippen molar-refractivity contribution in [2.45, 2.75) is 49.9 Å². The third kappa shape index (κ3) is 12.6. The van der Waals surface area contributed by atoms with Crippen LogP contribution in [0.25, 0.3) is 11.2 Å². The first-order valence-electron chi connectivity index (χ1n) is 17.3. The van der Waals surface area contributed by atoms with Crippen LogP contribution in [-0.4, -0.2) is 133 Å². The monoisotopic (exact) mass is 781 g/mol.